The standard InChI is InChI=1S/C26H35N3O4S/c1-26(2,3)21-10-11-23-22(15-21)29(34(4,31)32)18-24(33-23)25(30)27-16-19-8-7-9-20(14-19)17-28-12-5-6-13-28/h7-11,14-15,24H,5-6,12-13,16-18H2,1-4H3,(H,27,30)/t24-/m0/s1. The van der Waals surface area contributed by atoms with Crippen molar-refractivity contribution in [2.24, 2.45) is 0 Å². The Morgan fingerprint density at radius 1 is 1.09 bits per heavy atom. The first kappa shape index (κ1) is 24.5. The van der Waals surface area contributed by atoms with Gasteiger partial charge in [0.05, 0.1) is 18.5 Å². The molecule has 0 radical (unpaired) electrons. The number of fused-ring (bicyclic) bond motifs is 1. The van der Waals surface area contributed by atoms with Crippen LogP contribution in [0, 0.1) is 0 Å². The van der Waals surface area contributed by atoms with Crippen LogP contribution in [0.25, 0.3) is 0 Å². The van der Waals surface area contributed by atoms with Crippen LogP contribution in [-0.4, -0.2) is 51.2 Å². The number of carbonyl (C=O) groups excluding carboxylic acids is 1. The maximum atomic E-state index is 13.0. The lowest BCUT2D eigenvalue weighted by atomic mass is 9.86. The number of benzene rings is 2. The third-order valence-corrected chi connectivity index (χ3v) is 7.60. The number of hydrogen-bond donors (Lipinski definition) is 1. The van der Waals surface area contributed by atoms with E-state index in [2.05, 4.69) is 43.1 Å². The van der Waals surface area contributed by atoms with Gasteiger partial charge in [0.2, 0.25) is 10.0 Å². The second kappa shape index (κ2) is 9.58. The van der Waals surface area contributed by atoms with E-state index in [4.69, 9.17) is 4.74 Å². The van der Waals surface area contributed by atoms with Crippen LogP contribution in [0.3, 0.4) is 0 Å². The van der Waals surface area contributed by atoms with Crippen LogP contribution >= 0.6 is 0 Å². The molecule has 1 atom stereocenters. The summed E-state index contributed by atoms with van der Waals surface area (Å²) in [6.45, 7) is 9.70. The predicted molar refractivity (Wildman–Crippen MR) is 135 cm³/mol. The van der Waals surface area contributed by atoms with E-state index >= 15 is 0 Å². The van der Waals surface area contributed by atoms with Gasteiger partial charge in [-0.15, -0.1) is 0 Å². The van der Waals surface area contributed by atoms with Crippen molar-refractivity contribution in [3.05, 3.63) is 59.2 Å². The van der Waals surface area contributed by atoms with Crippen molar-refractivity contribution >= 4 is 21.6 Å². The molecule has 1 N–H and O–H groups in total. The molecule has 0 spiro atoms. The Morgan fingerprint density at radius 3 is 2.47 bits per heavy atom. The minimum atomic E-state index is -3.58. The summed E-state index contributed by atoms with van der Waals surface area (Å²) in [6.07, 6.45) is 2.74. The number of anilines is 1. The normalized spacial score (nSPS) is 18.9. The van der Waals surface area contributed by atoms with Crippen molar-refractivity contribution in [3.63, 3.8) is 0 Å². The van der Waals surface area contributed by atoms with Gasteiger partial charge in [-0.05, 0) is 60.2 Å². The van der Waals surface area contributed by atoms with Gasteiger partial charge in [-0.1, -0.05) is 51.1 Å². The summed E-state index contributed by atoms with van der Waals surface area (Å²) in [7, 11) is -3.58. The van der Waals surface area contributed by atoms with Crippen LogP contribution in [0.1, 0.15) is 50.3 Å². The Morgan fingerprint density at radius 2 is 1.79 bits per heavy atom. The average Bonchev–Trinajstić information content (AvgIpc) is 3.28. The molecule has 184 valence electrons. The highest BCUT2D eigenvalue weighted by Crippen LogP contribution is 2.38. The summed E-state index contributed by atoms with van der Waals surface area (Å²) in [5.41, 5.74) is 3.58. The minimum Gasteiger partial charge on any atom is -0.476 e. The fourth-order valence-corrected chi connectivity index (χ4v) is 5.41. The SMILES string of the molecule is CC(C)(C)c1ccc2c(c1)N(S(C)(=O)=O)C[C@@H](C(=O)NCc1cccc(CN3CCCC3)c1)O2. The van der Waals surface area contributed by atoms with E-state index in [1.807, 2.05) is 24.3 Å². The Labute approximate surface area is 203 Å². The van der Waals surface area contributed by atoms with Gasteiger partial charge < -0.3 is 10.1 Å². The molecule has 4 rings (SSSR count). The fraction of sp³-hybridized carbons (Fsp3) is 0.500. The first-order chi connectivity index (χ1) is 16.0. The number of sulfonamides is 1. The maximum Gasteiger partial charge on any atom is 0.263 e. The molecular weight excluding hydrogens is 450 g/mol. The minimum absolute atomic E-state index is 0.0553. The van der Waals surface area contributed by atoms with Crippen molar-refractivity contribution in [2.45, 2.75) is 58.2 Å². The number of amides is 1. The summed E-state index contributed by atoms with van der Waals surface area (Å²) >= 11 is 0. The third kappa shape index (κ3) is 5.73. The zero-order valence-electron chi connectivity index (χ0n) is 20.5. The van der Waals surface area contributed by atoms with E-state index in [-0.39, 0.29) is 17.9 Å². The van der Waals surface area contributed by atoms with Gasteiger partial charge in [-0.3, -0.25) is 14.0 Å². The van der Waals surface area contributed by atoms with Gasteiger partial charge in [0, 0.05) is 13.1 Å². The Bertz CT molecular complexity index is 1150. The molecule has 0 aliphatic carbocycles. The molecule has 1 saturated heterocycles. The molecule has 2 aliphatic heterocycles. The molecule has 0 saturated carbocycles. The smallest absolute Gasteiger partial charge is 0.263 e. The molecule has 2 heterocycles. The number of rotatable bonds is 6. The van der Waals surface area contributed by atoms with Crippen LogP contribution in [0.2, 0.25) is 0 Å². The lowest BCUT2D eigenvalue weighted by Crippen LogP contribution is -2.50. The summed E-state index contributed by atoms with van der Waals surface area (Å²) in [6, 6.07) is 13.8. The third-order valence-electron chi connectivity index (χ3n) is 6.45. The molecule has 2 aromatic rings. The van der Waals surface area contributed by atoms with Gasteiger partial charge in [-0.2, -0.15) is 0 Å². The van der Waals surface area contributed by atoms with Crippen molar-refractivity contribution in [1.82, 2.24) is 10.2 Å². The quantitative estimate of drug-likeness (QED) is 0.678. The molecule has 2 aromatic carbocycles. The predicted octanol–water partition coefficient (Wildman–Crippen LogP) is 3.42. The Kier molecular flexibility index (Phi) is 6.92. The molecule has 1 fully saturated rings. The van der Waals surface area contributed by atoms with Crippen molar-refractivity contribution < 1.29 is 17.9 Å². The Balaban J connectivity index is 1.46. The second-order valence-electron chi connectivity index (χ2n) is 10.4. The molecule has 34 heavy (non-hydrogen) atoms. The van der Waals surface area contributed by atoms with Gasteiger partial charge in [-0.25, -0.2) is 8.42 Å². The summed E-state index contributed by atoms with van der Waals surface area (Å²) in [4.78, 5) is 15.4. The van der Waals surface area contributed by atoms with Crippen LogP contribution in [0.15, 0.2) is 42.5 Å². The van der Waals surface area contributed by atoms with Crippen LogP contribution in [-0.2, 0) is 33.3 Å². The molecular formula is C26H35N3O4S. The number of carbonyl (C=O) groups is 1. The van der Waals surface area contributed by atoms with Gasteiger partial charge >= 0.3 is 0 Å². The molecule has 2 aliphatic rings. The maximum absolute atomic E-state index is 13.0. The van der Waals surface area contributed by atoms with Crippen LogP contribution in [0.5, 0.6) is 5.75 Å². The van der Waals surface area contributed by atoms with E-state index in [1.165, 1.54) is 22.7 Å². The number of hydrogen-bond acceptors (Lipinski definition) is 5. The van der Waals surface area contributed by atoms with Crippen molar-refractivity contribution in [1.29, 1.82) is 0 Å². The highest BCUT2D eigenvalue weighted by atomic mass is 32.2. The lowest BCUT2D eigenvalue weighted by molar-refractivity contribution is -0.127. The molecule has 1 amide bonds. The number of ether oxygens (including phenoxy) is 1. The van der Waals surface area contributed by atoms with E-state index in [9.17, 15) is 13.2 Å². The molecule has 7 nitrogen and oxygen atoms in total. The van der Waals surface area contributed by atoms with Crippen LogP contribution in [0.4, 0.5) is 5.69 Å². The highest BCUT2D eigenvalue weighted by molar-refractivity contribution is 7.92. The fourth-order valence-electron chi connectivity index (χ4n) is 4.51. The number of likely N-dealkylation sites (tertiary alicyclic amines) is 1. The molecule has 8 heteroatoms. The highest BCUT2D eigenvalue weighted by Gasteiger charge is 2.35. The lowest BCUT2D eigenvalue weighted by Gasteiger charge is -2.35. The summed E-state index contributed by atoms with van der Waals surface area (Å²) < 4.78 is 32.4. The van der Waals surface area contributed by atoms with E-state index in [0.29, 0.717) is 18.0 Å². The summed E-state index contributed by atoms with van der Waals surface area (Å²) in [5, 5.41) is 2.93. The van der Waals surface area contributed by atoms with Crippen molar-refractivity contribution in [2.75, 3.05) is 30.2 Å². The first-order valence-corrected chi connectivity index (χ1v) is 13.7. The number of nitrogens with one attached hydrogen (secondary N) is 1. The van der Waals surface area contributed by atoms with Gasteiger partial charge in [0.25, 0.3) is 5.91 Å². The van der Waals surface area contributed by atoms with Gasteiger partial charge in [0.15, 0.2) is 6.10 Å². The number of nitrogens with zero attached hydrogens (tertiary/aromatic N) is 2. The van der Waals surface area contributed by atoms with Gasteiger partial charge in [0.1, 0.15) is 5.75 Å². The van der Waals surface area contributed by atoms with Crippen molar-refractivity contribution in [3.8, 4) is 5.75 Å². The van der Waals surface area contributed by atoms with E-state index in [1.54, 1.807) is 6.07 Å². The zero-order valence-corrected chi connectivity index (χ0v) is 21.3. The van der Waals surface area contributed by atoms with E-state index in [0.717, 1.165) is 37.0 Å². The first-order valence-electron chi connectivity index (χ1n) is 11.9. The largest absolute Gasteiger partial charge is 0.476 e. The monoisotopic (exact) mass is 485 g/mol. The average molecular weight is 486 g/mol. The molecule has 0 aromatic heterocycles. The Hall–Kier alpha value is -2.58. The topological polar surface area (TPSA) is 79.0 Å². The zero-order chi connectivity index (χ0) is 24.5. The second-order valence-corrected chi connectivity index (χ2v) is 12.3. The summed E-state index contributed by atoms with van der Waals surface area (Å²) in [5.74, 6) is 0.0709. The molecule has 0 bridgehead atoms. The van der Waals surface area contributed by atoms with Crippen LogP contribution < -0.4 is 14.4 Å². The van der Waals surface area contributed by atoms with E-state index < -0.39 is 16.1 Å². The molecule has 0 unspecified atom stereocenters.